The number of carbonyl (C=O) groups is 1. The van der Waals surface area contributed by atoms with Gasteiger partial charge in [0.05, 0.1) is 23.0 Å². The van der Waals surface area contributed by atoms with E-state index in [9.17, 15) is 28.0 Å². The fourth-order valence-corrected chi connectivity index (χ4v) is 3.61. The Balaban J connectivity index is 1.62. The Morgan fingerprint density at radius 1 is 1.18 bits per heavy atom. The number of pyridine rings is 1. The van der Waals surface area contributed by atoms with E-state index in [2.05, 4.69) is 30.3 Å². The fourth-order valence-electron chi connectivity index (χ4n) is 3.61. The molecule has 0 aliphatic rings. The number of nitriles is 1. The summed E-state index contributed by atoms with van der Waals surface area (Å²) in [6.45, 7) is 0. The SMILES string of the molecule is N#Cc1cc(NC(=O)c2cnn(-c3cccc4c(=O)[nH]ccc34)c2C(F)(F)F)cc2nonc12. The number of hydrogen-bond acceptors (Lipinski definition) is 7. The molecule has 2 aromatic carbocycles. The molecule has 168 valence electrons. The number of aromatic nitrogens is 5. The van der Waals surface area contributed by atoms with Crippen molar-refractivity contribution < 1.29 is 22.6 Å². The predicted octanol–water partition coefficient (Wildman–Crippen LogP) is 3.39. The minimum Gasteiger partial charge on any atom is -0.329 e. The van der Waals surface area contributed by atoms with Crippen LogP contribution in [0.2, 0.25) is 0 Å². The van der Waals surface area contributed by atoms with Crippen LogP contribution in [0.5, 0.6) is 0 Å². The molecule has 2 N–H and O–H groups in total. The number of anilines is 1. The first kappa shape index (κ1) is 20.9. The van der Waals surface area contributed by atoms with E-state index in [1.165, 1.54) is 42.6 Å². The van der Waals surface area contributed by atoms with Gasteiger partial charge >= 0.3 is 6.18 Å². The quantitative estimate of drug-likeness (QED) is 0.416. The molecule has 0 saturated carbocycles. The van der Waals surface area contributed by atoms with Gasteiger partial charge in [-0.05, 0) is 40.6 Å². The number of alkyl halides is 3. The molecular weight excluding hydrogens is 455 g/mol. The van der Waals surface area contributed by atoms with E-state index in [0.29, 0.717) is 4.68 Å². The van der Waals surface area contributed by atoms with E-state index in [1.54, 1.807) is 0 Å². The Hall–Kier alpha value is -4.99. The molecular formula is C21H10F3N7O3. The molecule has 0 bridgehead atoms. The zero-order valence-electron chi connectivity index (χ0n) is 16.7. The molecule has 0 aliphatic carbocycles. The number of carbonyl (C=O) groups excluding carboxylic acids is 1. The maximum Gasteiger partial charge on any atom is 0.434 e. The molecule has 0 aliphatic heterocycles. The Morgan fingerprint density at radius 2 is 2.00 bits per heavy atom. The minimum absolute atomic E-state index is 0.0155. The maximum atomic E-state index is 14.1. The van der Waals surface area contributed by atoms with E-state index in [0.717, 1.165) is 6.20 Å². The molecule has 1 amide bonds. The second-order valence-electron chi connectivity index (χ2n) is 7.08. The van der Waals surface area contributed by atoms with Crippen LogP contribution < -0.4 is 10.9 Å². The van der Waals surface area contributed by atoms with Crippen LogP contribution in [0.25, 0.3) is 27.5 Å². The summed E-state index contributed by atoms with van der Waals surface area (Å²) in [6, 6.07) is 10.1. The third-order valence-electron chi connectivity index (χ3n) is 5.04. The second kappa shape index (κ2) is 7.55. The van der Waals surface area contributed by atoms with Crippen LogP contribution in [0.1, 0.15) is 21.6 Å². The summed E-state index contributed by atoms with van der Waals surface area (Å²) in [7, 11) is 0. The van der Waals surface area contributed by atoms with Gasteiger partial charge in [-0.2, -0.15) is 23.5 Å². The smallest absolute Gasteiger partial charge is 0.329 e. The minimum atomic E-state index is -4.97. The molecule has 10 nitrogen and oxygen atoms in total. The molecule has 5 aromatic rings. The van der Waals surface area contributed by atoms with E-state index in [4.69, 9.17) is 0 Å². The average Bonchev–Trinajstić information content (AvgIpc) is 3.46. The highest BCUT2D eigenvalue weighted by Crippen LogP contribution is 2.35. The van der Waals surface area contributed by atoms with Crippen molar-refractivity contribution in [1.82, 2.24) is 25.1 Å². The zero-order chi connectivity index (χ0) is 24.0. The predicted molar refractivity (Wildman–Crippen MR) is 111 cm³/mol. The lowest BCUT2D eigenvalue weighted by Gasteiger charge is -2.14. The Labute approximate surface area is 186 Å². The summed E-state index contributed by atoms with van der Waals surface area (Å²) in [4.78, 5) is 27.4. The highest BCUT2D eigenvalue weighted by atomic mass is 19.4. The van der Waals surface area contributed by atoms with Crippen molar-refractivity contribution in [2.24, 2.45) is 0 Å². The van der Waals surface area contributed by atoms with Crippen molar-refractivity contribution in [3.8, 4) is 11.8 Å². The van der Waals surface area contributed by atoms with Gasteiger partial charge in [-0.1, -0.05) is 6.07 Å². The standard InChI is InChI=1S/C21H10F3N7O3/c22-21(23,24)18-14(20(33)28-11-6-10(8-25)17-15(7-11)29-34-30-17)9-27-31(18)16-3-1-2-13-12(16)4-5-26-19(13)32/h1-7,9H,(H,26,32)(H,28,33). The molecule has 13 heteroatoms. The molecule has 0 spiro atoms. The van der Waals surface area contributed by atoms with Gasteiger partial charge in [0, 0.05) is 22.7 Å². The van der Waals surface area contributed by atoms with Crippen molar-refractivity contribution in [2.45, 2.75) is 6.18 Å². The summed E-state index contributed by atoms with van der Waals surface area (Å²) in [5.74, 6) is -1.11. The molecule has 0 saturated heterocycles. The van der Waals surface area contributed by atoms with Crippen molar-refractivity contribution in [2.75, 3.05) is 5.32 Å². The van der Waals surface area contributed by atoms with Crippen LogP contribution in [0.15, 0.2) is 58.2 Å². The normalized spacial score (nSPS) is 11.6. The number of fused-ring (bicyclic) bond motifs is 2. The van der Waals surface area contributed by atoms with Gasteiger partial charge in [0.15, 0.2) is 11.2 Å². The highest BCUT2D eigenvalue weighted by molar-refractivity contribution is 6.06. The lowest BCUT2D eigenvalue weighted by Crippen LogP contribution is -2.21. The first-order valence-corrected chi connectivity index (χ1v) is 9.51. The number of nitrogens with zero attached hydrogens (tertiary/aromatic N) is 5. The van der Waals surface area contributed by atoms with Crippen LogP contribution in [-0.4, -0.2) is 31.0 Å². The Kier molecular flexibility index (Phi) is 4.64. The molecule has 0 atom stereocenters. The zero-order valence-corrected chi connectivity index (χ0v) is 16.7. The number of aromatic amines is 1. The van der Waals surface area contributed by atoms with Crippen LogP contribution in [0.4, 0.5) is 18.9 Å². The first-order valence-electron chi connectivity index (χ1n) is 9.51. The first-order chi connectivity index (χ1) is 16.3. The number of hydrogen-bond donors (Lipinski definition) is 2. The third-order valence-corrected chi connectivity index (χ3v) is 5.04. The van der Waals surface area contributed by atoms with Gasteiger partial charge in [0.1, 0.15) is 11.6 Å². The number of H-pyrrole nitrogens is 1. The van der Waals surface area contributed by atoms with Crippen molar-refractivity contribution in [3.05, 3.63) is 76.0 Å². The summed E-state index contributed by atoms with van der Waals surface area (Å²) in [6.07, 6.45) is -2.88. The third kappa shape index (κ3) is 3.34. The maximum absolute atomic E-state index is 14.1. The summed E-state index contributed by atoms with van der Waals surface area (Å²) in [5.41, 5.74) is -2.28. The lowest BCUT2D eigenvalue weighted by atomic mass is 10.1. The Bertz CT molecular complexity index is 1690. The van der Waals surface area contributed by atoms with Gasteiger partial charge in [-0.15, -0.1) is 0 Å². The van der Waals surface area contributed by atoms with Crippen LogP contribution >= 0.6 is 0 Å². The van der Waals surface area contributed by atoms with E-state index < -0.39 is 28.9 Å². The number of amides is 1. The summed E-state index contributed by atoms with van der Waals surface area (Å²) in [5, 5.41) is 22.9. The Morgan fingerprint density at radius 3 is 2.76 bits per heavy atom. The topological polar surface area (TPSA) is 142 Å². The van der Waals surface area contributed by atoms with Crippen molar-refractivity contribution in [1.29, 1.82) is 5.26 Å². The number of nitrogens with one attached hydrogen (secondary N) is 2. The number of benzene rings is 2. The van der Waals surface area contributed by atoms with Gasteiger partial charge in [-0.3, -0.25) is 9.59 Å². The molecule has 3 aromatic heterocycles. The lowest BCUT2D eigenvalue weighted by molar-refractivity contribution is -0.143. The monoisotopic (exact) mass is 465 g/mol. The van der Waals surface area contributed by atoms with Crippen molar-refractivity contribution in [3.63, 3.8) is 0 Å². The van der Waals surface area contributed by atoms with Crippen LogP contribution in [0.3, 0.4) is 0 Å². The highest BCUT2D eigenvalue weighted by Gasteiger charge is 2.41. The molecule has 3 heterocycles. The average molecular weight is 465 g/mol. The van der Waals surface area contributed by atoms with Gasteiger partial charge in [0.25, 0.3) is 11.5 Å². The number of halogens is 3. The number of rotatable bonds is 3. The van der Waals surface area contributed by atoms with E-state index in [-0.39, 0.29) is 38.7 Å². The summed E-state index contributed by atoms with van der Waals surface area (Å²) >= 11 is 0. The summed E-state index contributed by atoms with van der Waals surface area (Å²) < 4.78 is 47.5. The van der Waals surface area contributed by atoms with E-state index in [1.807, 2.05) is 6.07 Å². The largest absolute Gasteiger partial charge is 0.434 e. The molecule has 0 unspecified atom stereocenters. The molecule has 34 heavy (non-hydrogen) atoms. The van der Waals surface area contributed by atoms with Crippen LogP contribution in [0, 0.1) is 11.3 Å². The van der Waals surface area contributed by atoms with Gasteiger partial charge in [0.2, 0.25) is 0 Å². The van der Waals surface area contributed by atoms with Gasteiger partial charge in [-0.25, -0.2) is 9.31 Å². The van der Waals surface area contributed by atoms with E-state index >= 15 is 0 Å². The van der Waals surface area contributed by atoms with Gasteiger partial charge < -0.3 is 10.3 Å². The molecule has 5 rings (SSSR count). The van der Waals surface area contributed by atoms with Crippen LogP contribution in [-0.2, 0) is 6.18 Å². The van der Waals surface area contributed by atoms with Crippen molar-refractivity contribution >= 4 is 33.4 Å². The molecule has 0 fully saturated rings. The molecule has 0 radical (unpaired) electrons. The fraction of sp³-hybridized carbons (Fsp3) is 0.0476. The second-order valence-corrected chi connectivity index (χ2v) is 7.08.